The number of hydrogen-bond donors (Lipinski definition) is 1. The number of carbonyl (C=O) groups is 2. The summed E-state index contributed by atoms with van der Waals surface area (Å²) in [6.45, 7) is 4.35. The summed E-state index contributed by atoms with van der Waals surface area (Å²) in [7, 11) is 1.74. The van der Waals surface area contributed by atoms with E-state index in [1.807, 2.05) is 11.8 Å². The van der Waals surface area contributed by atoms with E-state index in [0.29, 0.717) is 0 Å². The number of likely N-dealkylation sites (N-methyl/N-ethyl adjacent to an activating group) is 1. The van der Waals surface area contributed by atoms with Crippen molar-refractivity contribution in [1.29, 1.82) is 0 Å². The van der Waals surface area contributed by atoms with Crippen molar-refractivity contribution in [3.63, 3.8) is 0 Å². The highest BCUT2D eigenvalue weighted by Gasteiger charge is 2.32. The molecule has 16 heavy (non-hydrogen) atoms. The van der Waals surface area contributed by atoms with E-state index < -0.39 is 12.0 Å². The van der Waals surface area contributed by atoms with Crippen LogP contribution in [0, 0.1) is 0 Å². The Morgan fingerprint density at radius 2 is 2.19 bits per heavy atom. The van der Waals surface area contributed by atoms with Crippen LogP contribution in [0.3, 0.4) is 0 Å². The molecule has 92 valence electrons. The molecule has 1 aliphatic heterocycles. The molecule has 1 unspecified atom stereocenters. The summed E-state index contributed by atoms with van der Waals surface area (Å²) in [6, 6.07) is -0.482. The van der Waals surface area contributed by atoms with Crippen molar-refractivity contribution in [1.82, 2.24) is 9.80 Å². The maximum absolute atomic E-state index is 12.0. The lowest BCUT2D eigenvalue weighted by Gasteiger charge is -2.28. The number of nitrogens with zero attached hydrogens (tertiary/aromatic N) is 2. The lowest BCUT2D eigenvalue weighted by molar-refractivity contribution is -0.144. The number of aliphatic carboxylic acids is 1. The van der Waals surface area contributed by atoms with E-state index in [-0.39, 0.29) is 12.3 Å². The summed E-state index contributed by atoms with van der Waals surface area (Å²) < 4.78 is 0. The molecule has 5 nitrogen and oxygen atoms in total. The molecular formula is C11H20N2O3. The highest BCUT2D eigenvalue weighted by molar-refractivity contribution is 5.86. The molecule has 0 aromatic heterocycles. The van der Waals surface area contributed by atoms with Gasteiger partial charge in [-0.15, -0.1) is 0 Å². The predicted molar refractivity (Wildman–Crippen MR) is 60.2 cm³/mol. The van der Waals surface area contributed by atoms with Crippen LogP contribution in [0.5, 0.6) is 0 Å². The molecule has 1 fully saturated rings. The van der Waals surface area contributed by atoms with Gasteiger partial charge in [-0.1, -0.05) is 6.92 Å². The first kappa shape index (κ1) is 13.0. The minimum absolute atomic E-state index is 0.0617. The van der Waals surface area contributed by atoms with Crippen LogP contribution >= 0.6 is 0 Å². The van der Waals surface area contributed by atoms with Gasteiger partial charge in [0.1, 0.15) is 0 Å². The van der Waals surface area contributed by atoms with Crippen LogP contribution in [0.4, 0.5) is 0 Å². The number of carbonyl (C=O) groups excluding carboxylic acids is 1. The number of carboxylic acids is 1. The molecule has 1 amide bonds. The van der Waals surface area contributed by atoms with E-state index in [0.717, 1.165) is 32.5 Å². The quantitative estimate of drug-likeness (QED) is 0.757. The second-order valence-electron chi connectivity index (χ2n) is 4.26. The van der Waals surface area contributed by atoms with Crippen molar-refractivity contribution >= 4 is 11.9 Å². The van der Waals surface area contributed by atoms with Gasteiger partial charge in [-0.3, -0.25) is 14.5 Å². The Labute approximate surface area is 96.0 Å². The molecule has 0 bridgehead atoms. The number of carboxylic acid groups (broad SMARTS) is 1. The van der Waals surface area contributed by atoms with Crippen molar-refractivity contribution in [2.45, 2.75) is 32.2 Å². The fourth-order valence-corrected chi connectivity index (χ4v) is 2.12. The summed E-state index contributed by atoms with van der Waals surface area (Å²) in [6.07, 6.45) is 1.76. The highest BCUT2D eigenvalue weighted by atomic mass is 16.4. The predicted octanol–water partition coefficient (Wildman–Crippen LogP) is 0.404. The summed E-state index contributed by atoms with van der Waals surface area (Å²) in [4.78, 5) is 26.4. The molecule has 1 rings (SSSR count). The molecule has 0 aromatic rings. The zero-order chi connectivity index (χ0) is 12.1. The van der Waals surface area contributed by atoms with E-state index >= 15 is 0 Å². The fraction of sp³-hybridized carbons (Fsp3) is 0.818. The third-order valence-electron chi connectivity index (χ3n) is 2.92. The molecule has 1 heterocycles. The Hall–Kier alpha value is -1.10. The summed E-state index contributed by atoms with van der Waals surface area (Å²) in [5, 5.41) is 8.85. The van der Waals surface area contributed by atoms with E-state index in [4.69, 9.17) is 5.11 Å². The van der Waals surface area contributed by atoms with Crippen LogP contribution < -0.4 is 0 Å². The van der Waals surface area contributed by atoms with Gasteiger partial charge in [0, 0.05) is 20.1 Å². The molecule has 0 aromatic carbocycles. The zero-order valence-corrected chi connectivity index (χ0v) is 9.98. The lowest BCUT2D eigenvalue weighted by Crippen LogP contribution is -2.46. The molecule has 0 spiro atoms. The Balaban J connectivity index is 2.79. The van der Waals surface area contributed by atoms with Gasteiger partial charge in [-0.2, -0.15) is 0 Å². The van der Waals surface area contributed by atoms with E-state index in [1.165, 1.54) is 0 Å². The first-order valence-corrected chi connectivity index (χ1v) is 5.77. The Morgan fingerprint density at radius 3 is 2.75 bits per heavy atom. The zero-order valence-electron chi connectivity index (χ0n) is 9.98. The number of amides is 1. The van der Waals surface area contributed by atoms with Crippen molar-refractivity contribution in [3.05, 3.63) is 0 Å². The molecule has 1 aliphatic rings. The Kier molecular flexibility index (Phi) is 4.73. The summed E-state index contributed by atoms with van der Waals surface area (Å²) in [5.74, 6) is -0.969. The SMILES string of the molecule is CCCN1CCCN(C)C(=O)C1CC(=O)O. The maximum Gasteiger partial charge on any atom is 0.305 e. The molecule has 5 heteroatoms. The van der Waals surface area contributed by atoms with Gasteiger partial charge in [0.25, 0.3) is 0 Å². The van der Waals surface area contributed by atoms with Crippen LogP contribution in [0.25, 0.3) is 0 Å². The van der Waals surface area contributed by atoms with E-state index in [1.54, 1.807) is 11.9 Å². The van der Waals surface area contributed by atoms with Crippen LogP contribution in [0.2, 0.25) is 0 Å². The molecule has 1 atom stereocenters. The lowest BCUT2D eigenvalue weighted by atomic mass is 10.1. The van der Waals surface area contributed by atoms with Crippen molar-refractivity contribution in [3.8, 4) is 0 Å². The Morgan fingerprint density at radius 1 is 1.50 bits per heavy atom. The van der Waals surface area contributed by atoms with Crippen LogP contribution in [0.1, 0.15) is 26.2 Å². The second-order valence-corrected chi connectivity index (χ2v) is 4.26. The topological polar surface area (TPSA) is 60.9 Å². The number of hydrogen-bond acceptors (Lipinski definition) is 3. The average molecular weight is 228 g/mol. The van der Waals surface area contributed by atoms with Gasteiger partial charge in [0.05, 0.1) is 12.5 Å². The van der Waals surface area contributed by atoms with E-state index in [9.17, 15) is 9.59 Å². The average Bonchev–Trinajstić information content (AvgIpc) is 2.33. The van der Waals surface area contributed by atoms with Crippen molar-refractivity contribution < 1.29 is 14.7 Å². The molecule has 0 saturated carbocycles. The van der Waals surface area contributed by atoms with Gasteiger partial charge in [-0.25, -0.2) is 0 Å². The third kappa shape index (κ3) is 3.20. The highest BCUT2D eigenvalue weighted by Crippen LogP contribution is 2.14. The van der Waals surface area contributed by atoms with Crippen LogP contribution in [0.15, 0.2) is 0 Å². The normalized spacial score (nSPS) is 23.2. The fourth-order valence-electron chi connectivity index (χ4n) is 2.12. The summed E-state index contributed by atoms with van der Waals surface area (Å²) >= 11 is 0. The molecule has 1 N–H and O–H groups in total. The largest absolute Gasteiger partial charge is 0.481 e. The standard InChI is InChI=1S/C11H20N2O3/c1-3-5-13-7-4-6-12(2)11(16)9(13)8-10(14)15/h9H,3-8H2,1-2H3,(H,14,15). The van der Waals surface area contributed by atoms with Crippen molar-refractivity contribution in [2.24, 2.45) is 0 Å². The number of rotatable bonds is 4. The minimum atomic E-state index is -0.908. The monoisotopic (exact) mass is 228 g/mol. The van der Waals surface area contributed by atoms with Gasteiger partial charge in [0.15, 0.2) is 0 Å². The smallest absolute Gasteiger partial charge is 0.305 e. The summed E-state index contributed by atoms with van der Waals surface area (Å²) in [5.41, 5.74) is 0. The van der Waals surface area contributed by atoms with Crippen molar-refractivity contribution in [2.75, 3.05) is 26.7 Å². The second kappa shape index (κ2) is 5.84. The van der Waals surface area contributed by atoms with Crippen LogP contribution in [-0.2, 0) is 9.59 Å². The van der Waals surface area contributed by atoms with Gasteiger partial charge >= 0.3 is 5.97 Å². The molecule has 0 radical (unpaired) electrons. The Bertz CT molecular complexity index is 268. The molecule has 1 saturated heterocycles. The van der Waals surface area contributed by atoms with E-state index in [2.05, 4.69) is 0 Å². The van der Waals surface area contributed by atoms with Gasteiger partial charge < -0.3 is 10.0 Å². The molecular weight excluding hydrogens is 208 g/mol. The van der Waals surface area contributed by atoms with Gasteiger partial charge in [0.2, 0.25) is 5.91 Å². The van der Waals surface area contributed by atoms with Gasteiger partial charge in [-0.05, 0) is 19.4 Å². The molecule has 0 aliphatic carbocycles. The third-order valence-corrected chi connectivity index (χ3v) is 2.92. The minimum Gasteiger partial charge on any atom is -0.481 e. The first-order valence-electron chi connectivity index (χ1n) is 5.77. The maximum atomic E-state index is 12.0. The first-order chi connectivity index (χ1) is 7.56. The van der Waals surface area contributed by atoms with Crippen LogP contribution in [-0.4, -0.2) is 59.5 Å².